The molecule has 1 aromatic heterocycles. The maximum absolute atomic E-state index is 13.8. The van der Waals surface area contributed by atoms with Crippen LogP contribution in [0.4, 0.5) is 26.0 Å². The SMILES string of the molecule is O=S(=O)(Nc1ccc(Nc2cc(-c3ccc(F)cc3)ncn2)cc1)c1ccccc1F. The molecule has 0 aliphatic heterocycles. The highest BCUT2D eigenvalue weighted by Gasteiger charge is 2.18. The molecular formula is C22H16F2N4O2S. The number of nitrogens with zero attached hydrogens (tertiary/aromatic N) is 2. The minimum Gasteiger partial charge on any atom is -0.340 e. The molecule has 4 aromatic rings. The Morgan fingerprint density at radius 1 is 0.774 bits per heavy atom. The monoisotopic (exact) mass is 438 g/mol. The summed E-state index contributed by atoms with van der Waals surface area (Å²) < 4.78 is 54.0. The molecule has 156 valence electrons. The van der Waals surface area contributed by atoms with E-state index < -0.39 is 20.7 Å². The smallest absolute Gasteiger partial charge is 0.264 e. The molecule has 6 nitrogen and oxygen atoms in total. The van der Waals surface area contributed by atoms with Gasteiger partial charge in [0.05, 0.1) is 5.69 Å². The average Bonchev–Trinajstić information content (AvgIpc) is 2.76. The van der Waals surface area contributed by atoms with Gasteiger partial charge in [0.25, 0.3) is 10.0 Å². The van der Waals surface area contributed by atoms with Crippen molar-refractivity contribution in [3.63, 3.8) is 0 Å². The van der Waals surface area contributed by atoms with Crippen LogP contribution in [0.2, 0.25) is 0 Å². The molecule has 0 amide bonds. The van der Waals surface area contributed by atoms with Crippen molar-refractivity contribution < 1.29 is 17.2 Å². The third-order valence-corrected chi connectivity index (χ3v) is 5.76. The molecule has 0 radical (unpaired) electrons. The molecule has 31 heavy (non-hydrogen) atoms. The Labute approximate surface area is 177 Å². The standard InChI is InChI=1S/C22H16F2N4O2S/c23-16-7-5-15(6-8-16)20-13-22(26-14-25-20)27-17-9-11-18(12-10-17)28-31(29,30)21-4-2-1-3-19(21)24/h1-14,28H,(H,25,26,27). The maximum atomic E-state index is 13.8. The summed E-state index contributed by atoms with van der Waals surface area (Å²) in [5.74, 6) is -0.648. The Hall–Kier alpha value is -3.85. The van der Waals surface area contributed by atoms with E-state index in [-0.39, 0.29) is 11.5 Å². The normalized spacial score (nSPS) is 11.2. The summed E-state index contributed by atoms with van der Waals surface area (Å²) in [6.45, 7) is 0. The zero-order valence-electron chi connectivity index (χ0n) is 16.0. The zero-order chi connectivity index (χ0) is 21.8. The molecule has 0 fully saturated rings. The van der Waals surface area contributed by atoms with E-state index in [1.54, 1.807) is 42.5 Å². The van der Waals surface area contributed by atoms with Gasteiger partial charge in [0.2, 0.25) is 0 Å². The second-order valence-corrected chi connectivity index (χ2v) is 8.18. The highest BCUT2D eigenvalue weighted by Crippen LogP contribution is 2.24. The van der Waals surface area contributed by atoms with Gasteiger partial charge in [0, 0.05) is 23.0 Å². The Bertz CT molecular complexity index is 1310. The highest BCUT2D eigenvalue weighted by molar-refractivity contribution is 7.92. The second kappa shape index (κ2) is 8.49. The quantitative estimate of drug-likeness (QED) is 0.444. The number of sulfonamides is 1. The van der Waals surface area contributed by atoms with Gasteiger partial charge in [-0.25, -0.2) is 27.2 Å². The molecule has 9 heteroatoms. The maximum Gasteiger partial charge on any atom is 0.264 e. The Morgan fingerprint density at radius 3 is 2.16 bits per heavy atom. The van der Waals surface area contributed by atoms with Crippen molar-refractivity contribution in [3.05, 3.63) is 96.8 Å². The van der Waals surface area contributed by atoms with E-state index in [1.807, 2.05) is 0 Å². The fourth-order valence-corrected chi connectivity index (χ4v) is 3.99. The molecule has 0 saturated heterocycles. The molecule has 0 atom stereocenters. The third kappa shape index (κ3) is 4.84. The minimum absolute atomic E-state index is 0.281. The number of anilines is 3. The molecule has 0 spiro atoms. The van der Waals surface area contributed by atoms with Crippen LogP contribution in [-0.4, -0.2) is 18.4 Å². The minimum atomic E-state index is -4.05. The fourth-order valence-electron chi connectivity index (χ4n) is 2.85. The molecule has 4 rings (SSSR count). The van der Waals surface area contributed by atoms with Gasteiger partial charge in [-0.15, -0.1) is 0 Å². The number of hydrogen-bond donors (Lipinski definition) is 2. The van der Waals surface area contributed by atoms with E-state index in [1.165, 1.54) is 36.7 Å². The molecule has 0 aliphatic carbocycles. The van der Waals surface area contributed by atoms with Crippen molar-refractivity contribution in [3.8, 4) is 11.3 Å². The lowest BCUT2D eigenvalue weighted by Gasteiger charge is -2.11. The van der Waals surface area contributed by atoms with Gasteiger partial charge < -0.3 is 5.32 Å². The van der Waals surface area contributed by atoms with E-state index in [9.17, 15) is 17.2 Å². The lowest BCUT2D eigenvalue weighted by atomic mass is 10.1. The molecule has 0 saturated carbocycles. The second-order valence-electron chi connectivity index (χ2n) is 6.53. The van der Waals surface area contributed by atoms with Gasteiger partial charge in [-0.3, -0.25) is 4.72 Å². The molecule has 1 heterocycles. The summed E-state index contributed by atoms with van der Waals surface area (Å²) in [7, 11) is -4.05. The van der Waals surface area contributed by atoms with Gasteiger partial charge in [0.1, 0.15) is 28.7 Å². The topological polar surface area (TPSA) is 84.0 Å². The van der Waals surface area contributed by atoms with Crippen LogP contribution >= 0.6 is 0 Å². The Morgan fingerprint density at radius 2 is 1.45 bits per heavy atom. The molecular weight excluding hydrogens is 422 g/mol. The van der Waals surface area contributed by atoms with Crippen LogP contribution in [0.15, 0.2) is 90.1 Å². The van der Waals surface area contributed by atoms with Crippen LogP contribution in [0.25, 0.3) is 11.3 Å². The zero-order valence-corrected chi connectivity index (χ0v) is 16.8. The number of halogens is 2. The van der Waals surface area contributed by atoms with Crippen molar-refractivity contribution in [1.29, 1.82) is 0 Å². The predicted molar refractivity (Wildman–Crippen MR) is 114 cm³/mol. The lowest BCUT2D eigenvalue weighted by Crippen LogP contribution is -2.14. The van der Waals surface area contributed by atoms with Crippen LogP contribution in [0, 0.1) is 11.6 Å². The lowest BCUT2D eigenvalue weighted by molar-refractivity contribution is 0.570. The van der Waals surface area contributed by atoms with Crippen molar-refractivity contribution in [2.75, 3.05) is 10.0 Å². The largest absolute Gasteiger partial charge is 0.340 e. The van der Waals surface area contributed by atoms with Gasteiger partial charge in [0.15, 0.2) is 0 Å². The number of hydrogen-bond acceptors (Lipinski definition) is 5. The van der Waals surface area contributed by atoms with Crippen molar-refractivity contribution in [2.24, 2.45) is 0 Å². The van der Waals surface area contributed by atoms with Gasteiger partial charge in [-0.2, -0.15) is 0 Å². The summed E-state index contributed by atoms with van der Waals surface area (Å²) in [6, 6.07) is 19.2. The Kier molecular flexibility index (Phi) is 5.59. The van der Waals surface area contributed by atoms with E-state index >= 15 is 0 Å². The third-order valence-electron chi connectivity index (χ3n) is 4.34. The van der Waals surface area contributed by atoms with Gasteiger partial charge in [-0.05, 0) is 60.7 Å². The molecule has 0 bridgehead atoms. The van der Waals surface area contributed by atoms with E-state index in [0.717, 1.165) is 11.6 Å². The van der Waals surface area contributed by atoms with Crippen LogP contribution in [0.5, 0.6) is 0 Å². The first-order chi connectivity index (χ1) is 14.9. The van der Waals surface area contributed by atoms with Crippen LogP contribution in [0.3, 0.4) is 0 Å². The number of rotatable bonds is 6. The van der Waals surface area contributed by atoms with Crippen LogP contribution in [0.1, 0.15) is 0 Å². The first-order valence-corrected chi connectivity index (χ1v) is 10.6. The number of nitrogens with one attached hydrogen (secondary N) is 2. The number of benzene rings is 3. The van der Waals surface area contributed by atoms with Crippen molar-refractivity contribution in [2.45, 2.75) is 4.90 Å². The first kappa shape index (κ1) is 20.4. The van der Waals surface area contributed by atoms with Crippen LogP contribution in [-0.2, 0) is 10.0 Å². The molecule has 0 unspecified atom stereocenters. The fraction of sp³-hybridized carbons (Fsp3) is 0. The summed E-state index contributed by atoms with van der Waals surface area (Å²) in [4.78, 5) is 7.93. The first-order valence-electron chi connectivity index (χ1n) is 9.13. The average molecular weight is 438 g/mol. The summed E-state index contributed by atoms with van der Waals surface area (Å²) in [5.41, 5.74) is 2.29. The highest BCUT2D eigenvalue weighted by atomic mass is 32.2. The van der Waals surface area contributed by atoms with Gasteiger partial charge >= 0.3 is 0 Å². The Balaban J connectivity index is 1.49. The van der Waals surface area contributed by atoms with E-state index in [4.69, 9.17) is 0 Å². The van der Waals surface area contributed by atoms with Gasteiger partial charge in [-0.1, -0.05) is 12.1 Å². The molecule has 3 aromatic carbocycles. The molecule has 2 N–H and O–H groups in total. The number of aromatic nitrogens is 2. The van der Waals surface area contributed by atoms with Crippen LogP contribution < -0.4 is 10.0 Å². The van der Waals surface area contributed by atoms with Crippen molar-refractivity contribution >= 4 is 27.2 Å². The summed E-state index contributed by atoms with van der Waals surface area (Å²) in [6.07, 6.45) is 1.39. The summed E-state index contributed by atoms with van der Waals surface area (Å²) >= 11 is 0. The predicted octanol–water partition coefficient (Wildman–Crippen LogP) is 4.97. The van der Waals surface area contributed by atoms with E-state index in [0.29, 0.717) is 17.2 Å². The van der Waals surface area contributed by atoms with Crippen molar-refractivity contribution in [1.82, 2.24) is 9.97 Å². The summed E-state index contributed by atoms with van der Waals surface area (Å²) in [5, 5.41) is 3.09. The van der Waals surface area contributed by atoms with E-state index in [2.05, 4.69) is 20.0 Å². The molecule has 0 aliphatic rings.